The molecule has 0 aliphatic rings. The first-order chi connectivity index (χ1) is 9.79. The molecule has 21 heavy (non-hydrogen) atoms. The number of hydrogen-bond acceptors (Lipinski definition) is 3. The van der Waals surface area contributed by atoms with E-state index in [1.54, 1.807) is 24.3 Å². The first kappa shape index (κ1) is 15.4. The summed E-state index contributed by atoms with van der Waals surface area (Å²) >= 11 is 0. The van der Waals surface area contributed by atoms with Crippen LogP contribution in [0.15, 0.2) is 47.4 Å². The molecule has 0 bridgehead atoms. The summed E-state index contributed by atoms with van der Waals surface area (Å²) in [6, 6.07) is 12.4. The van der Waals surface area contributed by atoms with Crippen molar-refractivity contribution in [2.24, 2.45) is 0 Å². The fourth-order valence-corrected chi connectivity index (χ4v) is 3.07. The molecule has 0 heterocycles. The quantitative estimate of drug-likeness (QED) is 0.944. The fourth-order valence-electron chi connectivity index (χ4n) is 1.92. The number of nitrogens with zero attached hydrogens (tertiary/aromatic N) is 1. The van der Waals surface area contributed by atoms with Crippen LogP contribution in [-0.4, -0.2) is 22.5 Å². The van der Waals surface area contributed by atoms with Crippen molar-refractivity contribution in [3.05, 3.63) is 53.6 Å². The summed E-state index contributed by atoms with van der Waals surface area (Å²) in [7, 11) is 0.328. The Morgan fingerprint density at radius 3 is 2.05 bits per heavy atom. The van der Waals surface area contributed by atoms with E-state index in [9.17, 15) is 8.42 Å². The molecule has 0 aliphatic carbocycles. The molecule has 2 aromatic rings. The normalized spacial score (nSPS) is 11.2. The van der Waals surface area contributed by atoms with Crippen molar-refractivity contribution >= 4 is 21.4 Å². The van der Waals surface area contributed by atoms with Gasteiger partial charge in [-0.2, -0.15) is 0 Å². The van der Waals surface area contributed by atoms with Crippen LogP contribution in [0.4, 0.5) is 11.4 Å². The average molecular weight is 304 g/mol. The second-order valence-electron chi connectivity index (χ2n) is 5.29. The minimum atomic E-state index is -3.55. The summed E-state index contributed by atoms with van der Waals surface area (Å²) in [5.41, 5.74) is 3.60. The van der Waals surface area contributed by atoms with Crippen molar-refractivity contribution in [2.45, 2.75) is 18.7 Å². The van der Waals surface area contributed by atoms with Crippen LogP contribution in [-0.2, 0) is 10.0 Å². The van der Waals surface area contributed by atoms with E-state index in [4.69, 9.17) is 0 Å². The Hall–Kier alpha value is -2.01. The number of nitrogens with one attached hydrogen (secondary N) is 1. The van der Waals surface area contributed by atoms with E-state index < -0.39 is 10.0 Å². The zero-order chi connectivity index (χ0) is 15.6. The molecule has 5 heteroatoms. The van der Waals surface area contributed by atoms with E-state index in [2.05, 4.69) is 4.72 Å². The number of sulfonamides is 1. The molecule has 0 atom stereocenters. The molecule has 0 radical (unpaired) electrons. The highest BCUT2D eigenvalue weighted by molar-refractivity contribution is 7.92. The maximum Gasteiger partial charge on any atom is 0.261 e. The predicted molar refractivity (Wildman–Crippen MR) is 87.5 cm³/mol. The highest BCUT2D eigenvalue weighted by Crippen LogP contribution is 2.21. The van der Waals surface area contributed by atoms with Crippen LogP contribution < -0.4 is 9.62 Å². The molecule has 1 N–H and O–H groups in total. The zero-order valence-corrected chi connectivity index (χ0v) is 13.5. The van der Waals surface area contributed by atoms with Gasteiger partial charge in [0, 0.05) is 25.5 Å². The van der Waals surface area contributed by atoms with E-state index in [1.165, 1.54) is 0 Å². The summed E-state index contributed by atoms with van der Waals surface area (Å²) in [5.74, 6) is 0. The monoisotopic (exact) mass is 304 g/mol. The van der Waals surface area contributed by atoms with E-state index in [0.717, 1.165) is 16.8 Å². The summed E-state index contributed by atoms with van der Waals surface area (Å²) in [5, 5.41) is 0. The molecule has 0 saturated heterocycles. The van der Waals surface area contributed by atoms with Gasteiger partial charge in [-0.15, -0.1) is 0 Å². The van der Waals surface area contributed by atoms with E-state index in [-0.39, 0.29) is 4.90 Å². The Morgan fingerprint density at radius 1 is 0.905 bits per heavy atom. The molecule has 4 nitrogen and oxygen atoms in total. The SMILES string of the molecule is Cc1ccc(S(=O)(=O)Nc2ccc(N(C)C)cc2)cc1C. The maximum absolute atomic E-state index is 12.4. The molecule has 112 valence electrons. The van der Waals surface area contributed by atoms with Crippen LogP contribution in [0.1, 0.15) is 11.1 Å². The molecule has 0 unspecified atom stereocenters. The van der Waals surface area contributed by atoms with Crippen LogP contribution in [0.25, 0.3) is 0 Å². The van der Waals surface area contributed by atoms with Crippen molar-refractivity contribution < 1.29 is 8.42 Å². The fraction of sp³-hybridized carbons (Fsp3) is 0.250. The number of hydrogen-bond donors (Lipinski definition) is 1. The lowest BCUT2D eigenvalue weighted by Gasteiger charge is -2.14. The lowest BCUT2D eigenvalue weighted by Crippen LogP contribution is -2.13. The Balaban J connectivity index is 2.26. The molecule has 2 aromatic carbocycles. The van der Waals surface area contributed by atoms with Crippen molar-refractivity contribution in [3.8, 4) is 0 Å². The van der Waals surface area contributed by atoms with Gasteiger partial charge in [0.25, 0.3) is 10.0 Å². The van der Waals surface area contributed by atoms with E-state index in [1.807, 2.05) is 51.0 Å². The van der Waals surface area contributed by atoms with Gasteiger partial charge >= 0.3 is 0 Å². The average Bonchev–Trinajstić information content (AvgIpc) is 2.42. The Morgan fingerprint density at radius 2 is 1.52 bits per heavy atom. The Kier molecular flexibility index (Phi) is 4.23. The summed E-state index contributed by atoms with van der Waals surface area (Å²) < 4.78 is 27.3. The standard InChI is InChI=1S/C16H20N2O2S/c1-12-5-10-16(11-13(12)2)21(19,20)17-14-6-8-15(9-7-14)18(3)4/h5-11,17H,1-4H3. The summed E-state index contributed by atoms with van der Waals surface area (Å²) in [6.07, 6.45) is 0. The molecule has 0 spiro atoms. The van der Waals surface area contributed by atoms with Gasteiger partial charge in [-0.25, -0.2) is 8.42 Å². The largest absolute Gasteiger partial charge is 0.378 e. The van der Waals surface area contributed by atoms with Gasteiger partial charge in [-0.1, -0.05) is 6.07 Å². The second kappa shape index (κ2) is 5.77. The molecule has 0 aliphatic heterocycles. The Labute approximate surface area is 126 Å². The van der Waals surface area contributed by atoms with Crippen LogP contribution >= 0.6 is 0 Å². The third kappa shape index (κ3) is 3.55. The topological polar surface area (TPSA) is 49.4 Å². The summed E-state index contributed by atoms with van der Waals surface area (Å²) in [6.45, 7) is 3.86. The third-order valence-corrected chi connectivity index (χ3v) is 4.80. The van der Waals surface area contributed by atoms with Gasteiger partial charge in [0.2, 0.25) is 0 Å². The number of rotatable bonds is 4. The minimum Gasteiger partial charge on any atom is -0.378 e. The summed E-state index contributed by atoms with van der Waals surface area (Å²) in [4.78, 5) is 2.24. The van der Waals surface area contributed by atoms with Crippen molar-refractivity contribution in [3.63, 3.8) is 0 Å². The molecule has 0 fully saturated rings. The van der Waals surface area contributed by atoms with Gasteiger partial charge in [0.1, 0.15) is 0 Å². The first-order valence-corrected chi connectivity index (χ1v) is 8.15. The molecular formula is C16H20N2O2S. The number of benzene rings is 2. The molecular weight excluding hydrogens is 284 g/mol. The lowest BCUT2D eigenvalue weighted by atomic mass is 10.1. The molecule has 0 aromatic heterocycles. The van der Waals surface area contributed by atoms with Crippen LogP contribution in [0.2, 0.25) is 0 Å². The first-order valence-electron chi connectivity index (χ1n) is 6.67. The lowest BCUT2D eigenvalue weighted by molar-refractivity contribution is 0.601. The number of anilines is 2. The predicted octanol–water partition coefficient (Wildman–Crippen LogP) is 3.17. The van der Waals surface area contributed by atoms with Gasteiger partial charge in [0.05, 0.1) is 4.90 Å². The molecule has 0 amide bonds. The van der Waals surface area contributed by atoms with Crippen molar-refractivity contribution in [1.82, 2.24) is 0 Å². The Bertz CT molecular complexity index is 735. The zero-order valence-electron chi connectivity index (χ0n) is 12.7. The van der Waals surface area contributed by atoms with Gasteiger partial charge in [-0.3, -0.25) is 4.72 Å². The van der Waals surface area contributed by atoms with Crippen LogP contribution in [0, 0.1) is 13.8 Å². The van der Waals surface area contributed by atoms with Crippen molar-refractivity contribution in [2.75, 3.05) is 23.7 Å². The van der Waals surface area contributed by atoms with E-state index >= 15 is 0 Å². The van der Waals surface area contributed by atoms with Gasteiger partial charge in [-0.05, 0) is 61.4 Å². The van der Waals surface area contributed by atoms with Crippen LogP contribution in [0.3, 0.4) is 0 Å². The highest BCUT2D eigenvalue weighted by atomic mass is 32.2. The molecule has 2 rings (SSSR count). The van der Waals surface area contributed by atoms with Gasteiger partial charge in [0.15, 0.2) is 0 Å². The van der Waals surface area contributed by atoms with Crippen molar-refractivity contribution in [1.29, 1.82) is 0 Å². The molecule has 0 saturated carbocycles. The van der Waals surface area contributed by atoms with Crippen LogP contribution in [0.5, 0.6) is 0 Å². The second-order valence-corrected chi connectivity index (χ2v) is 6.98. The minimum absolute atomic E-state index is 0.280. The maximum atomic E-state index is 12.4. The smallest absolute Gasteiger partial charge is 0.261 e. The third-order valence-electron chi connectivity index (χ3n) is 3.42. The van der Waals surface area contributed by atoms with E-state index in [0.29, 0.717) is 5.69 Å². The number of aryl methyl sites for hydroxylation is 2. The van der Waals surface area contributed by atoms with Gasteiger partial charge < -0.3 is 4.90 Å². The highest BCUT2D eigenvalue weighted by Gasteiger charge is 2.14.